The van der Waals surface area contributed by atoms with Crippen LogP contribution in [0.2, 0.25) is 5.02 Å². The minimum atomic E-state index is 0.00881. The van der Waals surface area contributed by atoms with Gasteiger partial charge >= 0.3 is 0 Å². The first-order chi connectivity index (χ1) is 7.24. The molecule has 1 aliphatic heterocycles. The van der Waals surface area contributed by atoms with E-state index in [1.807, 2.05) is 6.07 Å². The van der Waals surface area contributed by atoms with Crippen molar-refractivity contribution in [3.8, 4) is 0 Å². The molecule has 3 nitrogen and oxygen atoms in total. The fraction of sp³-hybridized carbons (Fsp3) is 0.455. The van der Waals surface area contributed by atoms with Gasteiger partial charge in [-0.05, 0) is 36.6 Å². The summed E-state index contributed by atoms with van der Waals surface area (Å²) in [6, 6.07) is 3.82. The van der Waals surface area contributed by atoms with Gasteiger partial charge in [0.15, 0.2) is 0 Å². The van der Waals surface area contributed by atoms with E-state index in [0.29, 0.717) is 10.7 Å². The topological polar surface area (TPSA) is 58.3 Å². The maximum Gasteiger partial charge on any atom is 0.0685 e. The molecule has 0 saturated carbocycles. The van der Waals surface area contributed by atoms with Crippen molar-refractivity contribution < 1.29 is 5.11 Å². The van der Waals surface area contributed by atoms with Crippen LogP contribution >= 0.6 is 11.6 Å². The summed E-state index contributed by atoms with van der Waals surface area (Å²) in [6.07, 6.45) is 2.19. The number of halogens is 1. The van der Waals surface area contributed by atoms with Crippen molar-refractivity contribution in [3.63, 3.8) is 0 Å². The van der Waals surface area contributed by atoms with Crippen LogP contribution in [-0.4, -0.2) is 11.7 Å². The monoisotopic (exact) mass is 226 g/mol. The highest BCUT2D eigenvalue weighted by molar-refractivity contribution is 6.33. The first kappa shape index (κ1) is 10.7. The zero-order valence-corrected chi connectivity index (χ0v) is 9.22. The predicted molar refractivity (Wildman–Crippen MR) is 61.8 cm³/mol. The highest BCUT2D eigenvalue weighted by Crippen LogP contribution is 2.34. The molecule has 0 spiro atoms. The van der Waals surface area contributed by atoms with Crippen molar-refractivity contribution in [2.45, 2.75) is 25.5 Å². The number of hydrogen-bond acceptors (Lipinski definition) is 3. The van der Waals surface area contributed by atoms with Gasteiger partial charge in [0.05, 0.1) is 17.3 Å². The van der Waals surface area contributed by atoms with Crippen LogP contribution in [0.3, 0.4) is 0 Å². The highest BCUT2D eigenvalue weighted by atomic mass is 35.5. The van der Waals surface area contributed by atoms with Crippen molar-refractivity contribution in [1.29, 1.82) is 0 Å². The Bertz CT molecular complexity index is 362. The molecule has 4 heteroatoms. The van der Waals surface area contributed by atoms with Crippen molar-refractivity contribution in [3.05, 3.63) is 28.3 Å². The van der Waals surface area contributed by atoms with Crippen LogP contribution in [0, 0.1) is 0 Å². The van der Waals surface area contributed by atoms with Gasteiger partial charge in [0.2, 0.25) is 0 Å². The standard InChI is InChI=1S/C11H15ClN2O/c12-8-4-3-7(6-15)10(11(8)13)9-2-1-5-14-9/h3-4,9,14-15H,1-2,5-6,13H2/t9-/m1/s1. The molecule has 1 aromatic rings. The van der Waals surface area contributed by atoms with Crippen molar-refractivity contribution in [2.24, 2.45) is 0 Å². The fourth-order valence-corrected chi connectivity index (χ4v) is 2.30. The lowest BCUT2D eigenvalue weighted by Gasteiger charge is -2.18. The van der Waals surface area contributed by atoms with E-state index in [9.17, 15) is 5.11 Å². The molecule has 1 aromatic carbocycles. The van der Waals surface area contributed by atoms with Crippen LogP contribution < -0.4 is 11.1 Å². The smallest absolute Gasteiger partial charge is 0.0685 e. The first-order valence-corrected chi connectivity index (χ1v) is 5.53. The molecule has 15 heavy (non-hydrogen) atoms. The Morgan fingerprint density at radius 1 is 1.53 bits per heavy atom. The molecular weight excluding hydrogens is 212 g/mol. The molecular formula is C11H15ClN2O. The summed E-state index contributed by atoms with van der Waals surface area (Å²) in [5.41, 5.74) is 8.40. The Morgan fingerprint density at radius 2 is 2.33 bits per heavy atom. The largest absolute Gasteiger partial charge is 0.397 e. The van der Waals surface area contributed by atoms with E-state index in [1.54, 1.807) is 6.07 Å². The third kappa shape index (κ3) is 1.95. The van der Waals surface area contributed by atoms with E-state index < -0.39 is 0 Å². The van der Waals surface area contributed by atoms with E-state index in [0.717, 1.165) is 30.5 Å². The number of hydrogen-bond donors (Lipinski definition) is 3. The van der Waals surface area contributed by atoms with Crippen molar-refractivity contribution in [1.82, 2.24) is 5.32 Å². The molecule has 2 rings (SSSR count). The lowest BCUT2D eigenvalue weighted by atomic mass is 9.97. The Kier molecular flexibility index (Phi) is 3.14. The molecule has 0 unspecified atom stereocenters. The number of aliphatic hydroxyl groups excluding tert-OH is 1. The number of rotatable bonds is 2. The minimum Gasteiger partial charge on any atom is -0.397 e. The van der Waals surface area contributed by atoms with E-state index >= 15 is 0 Å². The van der Waals surface area contributed by atoms with E-state index in [1.165, 1.54) is 0 Å². The third-order valence-corrected chi connectivity index (χ3v) is 3.23. The second-order valence-corrected chi connectivity index (χ2v) is 4.25. The number of aliphatic hydroxyl groups is 1. The van der Waals surface area contributed by atoms with Gasteiger partial charge in [-0.15, -0.1) is 0 Å². The summed E-state index contributed by atoms with van der Waals surface area (Å²) in [4.78, 5) is 0. The van der Waals surface area contributed by atoms with Gasteiger partial charge < -0.3 is 16.2 Å². The quantitative estimate of drug-likeness (QED) is 0.675. The zero-order valence-electron chi connectivity index (χ0n) is 8.46. The summed E-state index contributed by atoms with van der Waals surface area (Å²) < 4.78 is 0. The Morgan fingerprint density at radius 3 is 2.93 bits per heavy atom. The summed E-state index contributed by atoms with van der Waals surface area (Å²) >= 11 is 5.99. The van der Waals surface area contributed by atoms with Crippen molar-refractivity contribution in [2.75, 3.05) is 12.3 Å². The second-order valence-electron chi connectivity index (χ2n) is 3.84. The lowest BCUT2D eigenvalue weighted by molar-refractivity contribution is 0.279. The van der Waals surface area contributed by atoms with E-state index in [4.69, 9.17) is 17.3 Å². The molecule has 0 aliphatic carbocycles. The first-order valence-electron chi connectivity index (χ1n) is 5.15. The average molecular weight is 227 g/mol. The molecule has 82 valence electrons. The lowest BCUT2D eigenvalue weighted by Crippen LogP contribution is -2.16. The molecule has 4 N–H and O–H groups in total. The Hall–Kier alpha value is -0.770. The number of nitrogen functional groups attached to an aromatic ring is 1. The van der Waals surface area contributed by atoms with Crippen LogP contribution in [0.5, 0.6) is 0 Å². The van der Waals surface area contributed by atoms with Crippen LogP contribution in [0.25, 0.3) is 0 Å². The van der Waals surface area contributed by atoms with Gasteiger partial charge in [-0.25, -0.2) is 0 Å². The SMILES string of the molecule is Nc1c(Cl)ccc(CO)c1[C@H]1CCCN1. The summed E-state index contributed by atoms with van der Waals surface area (Å²) in [5, 5.41) is 13.2. The molecule has 1 atom stereocenters. The molecule has 0 amide bonds. The minimum absolute atomic E-state index is 0.00881. The molecule has 0 aromatic heterocycles. The Balaban J connectivity index is 2.45. The number of nitrogens with two attached hydrogens (primary N) is 1. The van der Waals surface area contributed by atoms with Crippen LogP contribution in [0.1, 0.15) is 30.0 Å². The Labute approximate surface area is 94.2 Å². The fourth-order valence-electron chi connectivity index (χ4n) is 2.14. The maximum atomic E-state index is 9.27. The molecule has 0 bridgehead atoms. The van der Waals surface area contributed by atoms with Gasteiger partial charge in [-0.2, -0.15) is 0 Å². The maximum absolute atomic E-state index is 9.27. The molecule has 1 saturated heterocycles. The zero-order chi connectivity index (χ0) is 10.8. The third-order valence-electron chi connectivity index (χ3n) is 2.90. The molecule has 0 radical (unpaired) electrons. The second kappa shape index (κ2) is 4.39. The van der Waals surface area contributed by atoms with Crippen LogP contribution in [0.4, 0.5) is 5.69 Å². The average Bonchev–Trinajstić information content (AvgIpc) is 2.75. The van der Waals surface area contributed by atoms with Crippen LogP contribution in [0.15, 0.2) is 12.1 Å². The summed E-state index contributed by atoms with van der Waals surface area (Å²) in [5.74, 6) is 0. The van der Waals surface area contributed by atoms with Gasteiger partial charge in [-0.3, -0.25) is 0 Å². The van der Waals surface area contributed by atoms with Gasteiger partial charge in [0.1, 0.15) is 0 Å². The molecule has 1 heterocycles. The van der Waals surface area contributed by atoms with Crippen LogP contribution in [-0.2, 0) is 6.61 Å². The summed E-state index contributed by atoms with van der Waals surface area (Å²) in [6.45, 7) is 1.01. The summed E-state index contributed by atoms with van der Waals surface area (Å²) in [7, 11) is 0. The number of nitrogens with one attached hydrogen (secondary N) is 1. The normalized spacial score (nSPS) is 20.8. The predicted octanol–water partition coefficient (Wildman–Crippen LogP) is 1.84. The molecule has 1 aliphatic rings. The highest BCUT2D eigenvalue weighted by Gasteiger charge is 2.22. The van der Waals surface area contributed by atoms with Gasteiger partial charge in [0, 0.05) is 6.04 Å². The number of benzene rings is 1. The number of anilines is 1. The van der Waals surface area contributed by atoms with Crippen molar-refractivity contribution >= 4 is 17.3 Å². The van der Waals surface area contributed by atoms with E-state index in [2.05, 4.69) is 5.32 Å². The van der Waals surface area contributed by atoms with Gasteiger partial charge in [0.25, 0.3) is 0 Å². The van der Waals surface area contributed by atoms with E-state index in [-0.39, 0.29) is 12.6 Å². The van der Waals surface area contributed by atoms with Gasteiger partial charge in [-0.1, -0.05) is 17.7 Å². The molecule has 1 fully saturated rings.